The van der Waals surface area contributed by atoms with Gasteiger partial charge < -0.3 is 10.2 Å². The molecule has 17 heavy (non-hydrogen) atoms. The van der Waals surface area contributed by atoms with E-state index in [9.17, 15) is 13.6 Å². The van der Waals surface area contributed by atoms with Crippen molar-refractivity contribution >= 4 is 23.7 Å². The fourth-order valence-corrected chi connectivity index (χ4v) is 1.44. The molecule has 0 aliphatic carbocycles. The Balaban J connectivity index is 2.75. The minimum atomic E-state index is -2.47. The third-order valence-corrected chi connectivity index (χ3v) is 2.41. The Hall–Kier alpha value is -1.81. The molecule has 1 amide bonds. The molecule has 0 spiro atoms. The summed E-state index contributed by atoms with van der Waals surface area (Å²) in [4.78, 5) is 10.7. The lowest BCUT2D eigenvalue weighted by molar-refractivity contribution is -0.114. The van der Waals surface area contributed by atoms with Crippen molar-refractivity contribution in [2.24, 2.45) is 5.73 Å². The number of furan rings is 1. The van der Waals surface area contributed by atoms with Crippen LogP contribution in [0.4, 0.5) is 8.78 Å². The second-order valence-electron chi connectivity index (χ2n) is 2.91. The minimum Gasteiger partial charge on any atom is -0.461 e. The molecule has 1 aromatic rings. The molecule has 1 heterocycles. The van der Waals surface area contributed by atoms with E-state index in [-0.39, 0.29) is 17.1 Å². The topological polar surface area (TPSA) is 80.0 Å². The molecular weight excluding hydrogens is 250 g/mol. The molecule has 7 heteroatoms. The predicted molar refractivity (Wildman–Crippen MR) is 58.8 cm³/mol. The lowest BCUT2D eigenvalue weighted by Gasteiger charge is -1.95. The highest BCUT2D eigenvalue weighted by molar-refractivity contribution is 7.98. The standard InChI is InChI=1S/C10H8F2N2O2S/c11-10(12)17-5-8-2-1-7(16-8)3-6(4-13)9(14)15/h1-3,10H,5H2,(H2,14,15). The smallest absolute Gasteiger partial charge is 0.284 e. The molecule has 0 atom stereocenters. The lowest BCUT2D eigenvalue weighted by Crippen LogP contribution is -2.12. The normalized spacial score (nSPS) is 11.5. The fourth-order valence-electron chi connectivity index (χ4n) is 0.996. The largest absolute Gasteiger partial charge is 0.461 e. The van der Waals surface area contributed by atoms with Crippen LogP contribution >= 0.6 is 11.8 Å². The molecule has 90 valence electrons. The molecule has 4 nitrogen and oxygen atoms in total. The van der Waals surface area contributed by atoms with E-state index in [1.807, 2.05) is 0 Å². The second-order valence-corrected chi connectivity index (χ2v) is 3.89. The van der Waals surface area contributed by atoms with Crippen molar-refractivity contribution in [2.45, 2.75) is 11.5 Å². The first-order chi connectivity index (χ1) is 8.02. The SMILES string of the molecule is N#CC(=Cc1ccc(CSC(F)F)o1)C(N)=O. The highest BCUT2D eigenvalue weighted by atomic mass is 32.2. The van der Waals surface area contributed by atoms with Crippen LogP contribution in [-0.2, 0) is 10.5 Å². The van der Waals surface area contributed by atoms with Crippen LogP contribution in [0.5, 0.6) is 0 Å². The van der Waals surface area contributed by atoms with Gasteiger partial charge in [-0.2, -0.15) is 14.0 Å². The van der Waals surface area contributed by atoms with Crippen LogP contribution in [0.3, 0.4) is 0 Å². The molecule has 0 fully saturated rings. The van der Waals surface area contributed by atoms with Crippen LogP contribution in [-0.4, -0.2) is 11.7 Å². The fraction of sp³-hybridized carbons (Fsp3) is 0.200. The molecule has 0 aromatic carbocycles. The van der Waals surface area contributed by atoms with Gasteiger partial charge in [0.1, 0.15) is 23.2 Å². The van der Waals surface area contributed by atoms with Gasteiger partial charge >= 0.3 is 0 Å². The van der Waals surface area contributed by atoms with Crippen LogP contribution in [0.15, 0.2) is 22.1 Å². The highest BCUT2D eigenvalue weighted by Crippen LogP contribution is 2.21. The van der Waals surface area contributed by atoms with Crippen molar-refractivity contribution in [1.29, 1.82) is 5.26 Å². The monoisotopic (exact) mass is 258 g/mol. The van der Waals surface area contributed by atoms with Crippen LogP contribution in [0.1, 0.15) is 11.5 Å². The summed E-state index contributed by atoms with van der Waals surface area (Å²) in [5.41, 5.74) is 4.67. The molecule has 2 N–H and O–H groups in total. The summed E-state index contributed by atoms with van der Waals surface area (Å²) in [7, 11) is 0. The van der Waals surface area contributed by atoms with Gasteiger partial charge in [-0.3, -0.25) is 4.79 Å². The van der Waals surface area contributed by atoms with E-state index in [4.69, 9.17) is 15.4 Å². The maximum Gasteiger partial charge on any atom is 0.284 e. The molecule has 0 bridgehead atoms. The van der Waals surface area contributed by atoms with Crippen LogP contribution < -0.4 is 5.73 Å². The Morgan fingerprint density at radius 2 is 2.35 bits per heavy atom. The number of thioether (sulfide) groups is 1. The summed E-state index contributed by atoms with van der Waals surface area (Å²) >= 11 is 0.424. The number of rotatable bonds is 5. The van der Waals surface area contributed by atoms with E-state index in [0.717, 1.165) is 0 Å². The summed E-state index contributed by atoms with van der Waals surface area (Å²) < 4.78 is 28.9. The number of amides is 1. The zero-order valence-corrected chi connectivity index (χ0v) is 9.34. The van der Waals surface area contributed by atoms with Crippen molar-refractivity contribution in [3.05, 3.63) is 29.2 Å². The number of hydrogen-bond acceptors (Lipinski definition) is 4. The van der Waals surface area contributed by atoms with E-state index >= 15 is 0 Å². The first-order valence-electron chi connectivity index (χ1n) is 4.43. The average Bonchev–Trinajstić information content (AvgIpc) is 2.70. The summed E-state index contributed by atoms with van der Waals surface area (Å²) in [6.45, 7) is 0. The number of primary amides is 1. The molecule has 0 radical (unpaired) electrons. The van der Waals surface area contributed by atoms with Gasteiger partial charge in [-0.1, -0.05) is 11.8 Å². The minimum absolute atomic E-state index is 0.0178. The number of alkyl halides is 2. The van der Waals surface area contributed by atoms with E-state index in [0.29, 0.717) is 17.5 Å². The molecule has 1 aromatic heterocycles. The van der Waals surface area contributed by atoms with Gasteiger partial charge in [0.05, 0.1) is 5.75 Å². The predicted octanol–water partition coefficient (Wildman–Crippen LogP) is 2.13. The van der Waals surface area contributed by atoms with E-state index in [1.54, 1.807) is 6.07 Å². The third-order valence-electron chi connectivity index (χ3n) is 1.71. The van der Waals surface area contributed by atoms with Crippen molar-refractivity contribution < 1.29 is 18.0 Å². The van der Waals surface area contributed by atoms with E-state index in [1.165, 1.54) is 18.2 Å². The average molecular weight is 258 g/mol. The van der Waals surface area contributed by atoms with Crippen molar-refractivity contribution in [3.63, 3.8) is 0 Å². The Morgan fingerprint density at radius 1 is 1.65 bits per heavy atom. The lowest BCUT2D eigenvalue weighted by atomic mass is 10.2. The van der Waals surface area contributed by atoms with E-state index in [2.05, 4.69) is 0 Å². The molecule has 1 rings (SSSR count). The maximum atomic E-state index is 11.9. The van der Waals surface area contributed by atoms with Gasteiger partial charge in [-0.25, -0.2) is 0 Å². The summed E-state index contributed by atoms with van der Waals surface area (Å²) in [6, 6.07) is 4.58. The maximum absolute atomic E-state index is 11.9. The number of nitrogens with zero attached hydrogens (tertiary/aromatic N) is 1. The van der Waals surface area contributed by atoms with Crippen LogP contribution in [0, 0.1) is 11.3 Å². The molecule has 0 aliphatic heterocycles. The van der Waals surface area contributed by atoms with Gasteiger partial charge in [0.25, 0.3) is 11.7 Å². The molecular formula is C10H8F2N2O2S. The summed E-state index contributed by atoms with van der Waals surface area (Å²) in [5.74, 6) is -2.76. The van der Waals surface area contributed by atoms with Gasteiger partial charge in [0.15, 0.2) is 0 Å². The first kappa shape index (κ1) is 13.3. The molecule has 0 saturated heterocycles. The summed E-state index contributed by atoms with van der Waals surface area (Å²) in [5, 5.41) is 8.58. The number of nitrogens with two attached hydrogens (primary N) is 1. The van der Waals surface area contributed by atoms with Crippen LogP contribution in [0.2, 0.25) is 0 Å². The number of carbonyl (C=O) groups is 1. The molecule has 0 saturated carbocycles. The Labute approximate surface area is 100 Å². The van der Waals surface area contributed by atoms with Crippen molar-refractivity contribution in [3.8, 4) is 6.07 Å². The van der Waals surface area contributed by atoms with Gasteiger partial charge in [-0.05, 0) is 12.1 Å². The van der Waals surface area contributed by atoms with Gasteiger partial charge in [0.2, 0.25) is 0 Å². The third kappa shape index (κ3) is 4.28. The Morgan fingerprint density at radius 3 is 2.88 bits per heavy atom. The molecule has 0 unspecified atom stereocenters. The second kappa shape index (κ2) is 6.06. The zero-order valence-electron chi connectivity index (χ0n) is 8.52. The van der Waals surface area contributed by atoms with Crippen molar-refractivity contribution in [2.75, 3.05) is 0 Å². The zero-order chi connectivity index (χ0) is 12.8. The van der Waals surface area contributed by atoms with Crippen LogP contribution in [0.25, 0.3) is 6.08 Å². The van der Waals surface area contributed by atoms with Gasteiger partial charge in [0, 0.05) is 6.08 Å². The van der Waals surface area contributed by atoms with Crippen molar-refractivity contribution in [1.82, 2.24) is 0 Å². The number of nitriles is 1. The number of hydrogen-bond donors (Lipinski definition) is 1. The number of carbonyl (C=O) groups excluding carboxylic acids is 1. The summed E-state index contributed by atoms with van der Waals surface area (Å²) in [6.07, 6.45) is 1.17. The highest BCUT2D eigenvalue weighted by Gasteiger charge is 2.08. The Kier molecular flexibility index (Phi) is 4.72. The first-order valence-corrected chi connectivity index (χ1v) is 5.48. The quantitative estimate of drug-likeness (QED) is 0.648. The Bertz CT molecular complexity index is 477. The van der Waals surface area contributed by atoms with E-state index < -0.39 is 11.7 Å². The molecule has 0 aliphatic rings. The number of halogens is 2. The van der Waals surface area contributed by atoms with Gasteiger partial charge in [-0.15, -0.1) is 0 Å².